The number of carbonyl (C=O) groups excluding carboxylic acids is 3. The molecule has 1 saturated heterocycles. The number of hydrazine groups is 1. The average Bonchev–Trinajstić information content (AvgIpc) is 2.69. The van der Waals surface area contributed by atoms with E-state index in [1.807, 2.05) is 6.07 Å². The Morgan fingerprint density at radius 1 is 1.13 bits per heavy atom. The SMILES string of the molecule is CCC(=O)NNC(=O)CCc1cc(N2CCOCC2)cc(NC(=O)OC(C)(C)C)n1. The highest BCUT2D eigenvalue weighted by molar-refractivity contribution is 5.84. The number of hydrogen-bond acceptors (Lipinski definition) is 7. The number of nitrogens with one attached hydrogen (secondary N) is 3. The zero-order chi connectivity index (χ0) is 22.1. The summed E-state index contributed by atoms with van der Waals surface area (Å²) in [5.41, 5.74) is 5.60. The molecule has 0 bridgehead atoms. The Labute approximate surface area is 176 Å². The van der Waals surface area contributed by atoms with E-state index in [0.29, 0.717) is 31.1 Å². The maximum atomic E-state index is 12.2. The van der Waals surface area contributed by atoms with Crippen LogP contribution in [0.25, 0.3) is 0 Å². The van der Waals surface area contributed by atoms with Gasteiger partial charge >= 0.3 is 6.09 Å². The van der Waals surface area contributed by atoms with Crippen LogP contribution in [0.2, 0.25) is 0 Å². The van der Waals surface area contributed by atoms with Gasteiger partial charge in [0.2, 0.25) is 11.8 Å². The Hall–Kier alpha value is -2.88. The first-order valence-corrected chi connectivity index (χ1v) is 10.1. The van der Waals surface area contributed by atoms with E-state index >= 15 is 0 Å². The fourth-order valence-corrected chi connectivity index (χ4v) is 2.71. The molecule has 0 spiro atoms. The molecule has 30 heavy (non-hydrogen) atoms. The number of pyridine rings is 1. The predicted molar refractivity (Wildman–Crippen MR) is 112 cm³/mol. The van der Waals surface area contributed by atoms with Crippen molar-refractivity contribution in [2.75, 3.05) is 36.5 Å². The Kier molecular flexibility index (Phi) is 8.40. The summed E-state index contributed by atoms with van der Waals surface area (Å²) in [6.07, 6.45) is 0.160. The molecule has 0 saturated carbocycles. The number of morpholine rings is 1. The number of aryl methyl sites for hydroxylation is 1. The van der Waals surface area contributed by atoms with E-state index in [0.717, 1.165) is 18.8 Å². The Morgan fingerprint density at radius 2 is 1.80 bits per heavy atom. The number of hydrogen-bond donors (Lipinski definition) is 3. The minimum Gasteiger partial charge on any atom is -0.444 e. The highest BCUT2D eigenvalue weighted by atomic mass is 16.6. The van der Waals surface area contributed by atoms with Gasteiger partial charge in [-0.3, -0.25) is 25.8 Å². The Bertz CT molecular complexity index is 756. The predicted octanol–water partition coefficient (Wildman–Crippen LogP) is 1.76. The third-order valence-corrected chi connectivity index (χ3v) is 4.14. The third kappa shape index (κ3) is 8.24. The lowest BCUT2D eigenvalue weighted by molar-refractivity contribution is -0.128. The second kappa shape index (κ2) is 10.8. The maximum Gasteiger partial charge on any atom is 0.413 e. The zero-order valence-electron chi connectivity index (χ0n) is 18.0. The van der Waals surface area contributed by atoms with Crippen molar-refractivity contribution < 1.29 is 23.9 Å². The highest BCUT2D eigenvalue weighted by Crippen LogP contribution is 2.22. The van der Waals surface area contributed by atoms with Crippen LogP contribution in [0.5, 0.6) is 0 Å². The smallest absolute Gasteiger partial charge is 0.413 e. The van der Waals surface area contributed by atoms with Crippen LogP contribution >= 0.6 is 0 Å². The van der Waals surface area contributed by atoms with Gasteiger partial charge in [0.05, 0.1) is 13.2 Å². The summed E-state index contributed by atoms with van der Waals surface area (Å²) in [6, 6.07) is 3.67. The van der Waals surface area contributed by atoms with Crippen molar-refractivity contribution in [3.63, 3.8) is 0 Å². The molecule has 166 valence electrons. The van der Waals surface area contributed by atoms with Crippen LogP contribution in [0, 0.1) is 0 Å². The van der Waals surface area contributed by atoms with Crippen molar-refractivity contribution in [1.82, 2.24) is 15.8 Å². The van der Waals surface area contributed by atoms with Gasteiger partial charge in [-0.2, -0.15) is 0 Å². The van der Waals surface area contributed by atoms with E-state index in [4.69, 9.17) is 9.47 Å². The van der Waals surface area contributed by atoms with Crippen LogP contribution in [0.4, 0.5) is 16.3 Å². The van der Waals surface area contributed by atoms with Crippen LogP contribution in [0.3, 0.4) is 0 Å². The summed E-state index contributed by atoms with van der Waals surface area (Å²) in [4.78, 5) is 42.0. The van der Waals surface area contributed by atoms with Gasteiger partial charge in [0.1, 0.15) is 11.4 Å². The molecule has 3 N–H and O–H groups in total. The average molecular weight is 421 g/mol. The van der Waals surface area contributed by atoms with Gasteiger partial charge in [-0.05, 0) is 33.3 Å². The van der Waals surface area contributed by atoms with E-state index in [1.54, 1.807) is 33.8 Å². The van der Waals surface area contributed by atoms with Crippen molar-refractivity contribution in [2.24, 2.45) is 0 Å². The summed E-state index contributed by atoms with van der Waals surface area (Å²) in [7, 11) is 0. The maximum absolute atomic E-state index is 12.2. The van der Waals surface area contributed by atoms with E-state index in [2.05, 4.69) is 26.1 Å². The second-order valence-corrected chi connectivity index (χ2v) is 7.88. The number of rotatable bonds is 6. The van der Waals surface area contributed by atoms with Crippen molar-refractivity contribution in [2.45, 2.75) is 52.6 Å². The molecular weight excluding hydrogens is 390 g/mol. The molecule has 0 radical (unpaired) electrons. The van der Waals surface area contributed by atoms with E-state index in [-0.39, 0.29) is 24.7 Å². The minimum absolute atomic E-state index is 0.134. The van der Waals surface area contributed by atoms with Crippen molar-refractivity contribution in [3.8, 4) is 0 Å². The molecular formula is C20H31N5O5. The monoisotopic (exact) mass is 421 g/mol. The quantitative estimate of drug-likeness (QED) is 0.598. The number of aromatic nitrogens is 1. The molecule has 1 aliphatic heterocycles. The third-order valence-electron chi connectivity index (χ3n) is 4.14. The summed E-state index contributed by atoms with van der Waals surface area (Å²) in [6.45, 7) is 9.72. The number of anilines is 2. The zero-order valence-corrected chi connectivity index (χ0v) is 18.0. The van der Waals surface area contributed by atoms with Gasteiger partial charge in [-0.1, -0.05) is 6.92 Å². The topological polar surface area (TPSA) is 122 Å². The van der Waals surface area contributed by atoms with E-state index < -0.39 is 11.7 Å². The lowest BCUT2D eigenvalue weighted by Gasteiger charge is -2.29. The minimum atomic E-state index is -0.629. The standard InChI is InChI=1S/C20H31N5O5/c1-5-17(26)23-24-18(27)7-6-14-12-15(25-8-10-29-11-9-25)13-16(21-14)22-19(28)30-20(2,3)4/h12-13H,5-11H2,1-4H3,(H,23,26)(H,24,27)(H,21,22,28). The largest absolute Gasteiger partial charge is 0.444 e. The summed E-state index contributed by atoms with van der Waals surface area (Å²) >= 11 is 0. The molecule has 2 rings (SSSR count). The fourth-order valence-electron chi connectivity index (χ4n) is 2.71. The van der Waals surface area contributed by atoms with Gasteiger partial charge in [0.15, 0.2) is 0 Å². The van der Waals surface area contributed by atoms with Crippen LogP contribution in [0.1, 0.15) is 46.2 Å². The highest BCUT2D eigenvalue weighted by Gasteiger charge is 2.19. The summed E-state index contributed by atoms with van der Waals surface area (Å²) in [5, 5.41) is 2.67. The fraction of sp³-hybridized carbons (Fsp3) is 0.600. The molecule has 1 fully saturated rings. The lowest BCUT2D eigenvalue weighted by Crippen LogP contribution is -2.41. The van der Waals surface area contributed by atoms with Crippen LogP contribution in [0.15, 0.2) is 12.1 Å². The van der Waals surface area contributed by atoms with Crippen molar-refractivity contribution in [1.29, 1.82) is 0 Å². The Morgan fingerprint density at radius 3 is 2.43 bits per heavy atom. The molecule has 1 aromatic rings. The number of ether oxygens (including phenoxy) is 2. The molecule has 2 heterocycles. The Balaban J connectivity index is 2.09. The van der Waals surface area contributed by atoms with Gasteiger partial charge < -0.3 is 14.4 Å². The van der Waals surface area contributed by atoms with Crippen LogP contribution in [-0.4, -0.2) is 54.8 Å². The van der Waals surface area contributed by atoms with Crippen LogP contribution in [-0.2, 0) is 25.5 Å². The first-order valence-electron chi connectivity index (χ1n) is 10.1. The molecule has 0 unspecified atom stereocenters. The van der Waals surface area contributed by atoms with Gasteiger partial charge in [0, 0.05) is 43.4 Å². The summed E-state index contributed by atoms with van der Waals surface area (Å²) < 4.78 is 10.7. The number of amides is 3. The summed E-state index contributed by atoms with van der Waals surface area (Å²) in [5.74, 6) is -0.236. The van der Waals surface area contributed by atoms with Gasteiger partial charge in [-0.25, -0.2) is 9.78 Å². The van der Waals surface area contributed by atoms with Gasteiger partial charge in [-0.15, -0.1) is 0 Å². The normalized spacial score (nSPS) is 14.1. The lowest BCUT2D eigenvalue weighted by atomic mass is 10.2. The van der Waals surface area contributed by atoms with Gasteiger partial charge in [0.25, 0.3) is 0 Å². The molecule has 10 nitrogen and oxygen atoms in total. The van der Waals surface area contributed by atoms with Crippen LogP contribution < -0.4 is 21.1 Å². The van der Waals surface area contributed by atoms with E-state index in [9.17, 15) is 14.4 Å². The number of nitrogens with zero attached hydrogens (tertiary/aromatic N) is 2. The number of carbonyl (C=O) groups is 3. The van der Waals surface area contributed by atoms with E-state index in [1.165, 1.54) is 0 Å². The van der Waals surface area contributed by atoms with Crippen molar-refractivity contribution in [3.05, 3.63) is 17.8 Å². The molecule has 1 aliphatic rings. The first-order chi connectivity index (χ1) is 14.2. The molecule has 0 aromatic carbocycles. The second-order valence-electron chi connectivity index (χ2n) is 7.88. The molecule has 0 aliphatic carbocycles. The van der Waals surface area contributed by atoms with Crippen molar-refractivity contribution >= 4 is 29.4 Å². The molecule has 3 amide bonds. The first kappa shape index (κ1) is 23.4. The molecule has 1 aromatic heterocycles. The molecule has 10 heteroatoms. The molecule has 0 atom stereocenters.